The van der Waals surface area contributed by atoms with Gasteiger partial charge in [0.25, 0.3) is 5.91 Å². The largest absolute Gasteiger partial charge is 0.492 e. The molecule has 0 aliphatic heterocycles. The first-order chi connectivity index (χ1) is 12.0. The summed E-state index contributed by atoms with van der Waals surface area (Å²) in [5, 5.41) is 0.607. The van der Waals surface area contributed by atoms with Crippen LogP contribution in [0, 0.1) is 5.92 Å². The molecule has 0 aliphatic rings. The lowest BCUT2D eigenvalue weighted by molar-refractivity contribution is -0.121. The Morgan fingerprint density at radius 1 is 1.04 bits per heavy atom. The van der Waals surface area contributed by atoms with Gasteiger partial charge >= 0.3 is 0 Å². The number of hydrogen-bond acceptors (Lipinski definition) is 3. The number of hydrogen-bond donors (Lipinski definition) is 2. The minimum absolute atomic E-state index is 0.142. The molecule has 0 radical (unpaired) electrons. The summed E-state index contributed by atoms with van der Waals surface area (Å²) in [4.78, 5) is 24.2. The Bertz CT molecular complexity index is 730. The average molecular weight is 361 g/mol. The van der Waals surface area contributed by atoms with Crippen LogP contribution in [0.3, 0.4) is 0 Å². The van der Waals surface area contributed by atoms with Crippen molar-refractivity contribution in [2.45, 2.75) is 20.3 Å². The van der Waals surface area contributed by atoms with Crippen LogP contribution in [0.1, 0.15) is 29.8 Å². The predicted molar refractivity (Wildman–Crippen MR) is 97.5 cm³/mol. The Kier molecular flexibility index (Phi) is 6.83. The maximum absolute atomic E-state index is 12.3. The van der Waals surface area contributed by atoms with Crippen molar-refractivity contribution in [3.8, 4) is 5.75 Å². The molecule has 2 N–H and O–H groups in total. The van der Waals surface area contributed by atoms with E-state index < -0.39 is 5.91 Å². The average Bonchev–Trinajstić information content (AvgIpc) is 2.60. The number of hydrazine groups is 1. The summed E-state index contributed by atoms with van der Waals surface area (Å²) in [5.74, 6) is 0.0795. The van der Waals surface area contributed by atoms with E-state index in [9.17, 15) is 9.59 Å². The van der Waals surface area contributed by atoms with Crippen molar-refractivity contribution in [1.82, 2.24) is 10.9 Å². The topological polar surface area (TPSA) is 67.4 Å². The molecule has 0 heterocycles. The van der Waals surface area contributed by atoms with E-state index in [4.69, 9.17) is 16.3 Å². The van der Waals surface area contributed by atoms with Gasteiger partial charge in [0.05, 0.1) is 18.6 Å². The Labute approximate surface area is 152 Å². The standard InChI is InChI=1S/C19H21ClN2O3/c1-13(2)12-25-17-6-4-3-5-16(17)19(24)22-21-18(23)11-14-7-9-15(20)10-8-14/h3-10,13H,11-12H2,1-2H3,(H,21,23)(H,22,24). The third-order valence-corrected chi connectivity index (χ3v) is 3.55. The lowest BCUT2D eigenvalue weighted by Gasteiger charge is -2.13. The third kappa shape index (κ3) is 6.12. The molecule has 2 aromatic rings. The van der Waals surface area contributed by atoms with Crippen molar-refractivity contribution in [2.75, 3.05) is 6.61 Å². The van der Waals surface area contributed by atoms with Gasteiger partial charge in [-0.05, 0) is 35.7 Å². The molecular weight excluding hydrogens is 340 g/mol. The molecule has 0 unspecified atom stereocenters. The zero-order chi connectivity index (χ0) is 18.2. The van der Waals surface area contributed by atoms with Crippen LogP contribution in [0.4, 0.5) is 0 Å². The second kappa shape index (κ2) is 9.08. The second-order valence-electron chi connectivity index (χ2n) is 6.01. The van der Waals surface area contributed by atoms with Crippen molar-refractivity contribution in [2.24, 2.45) is 5.92 Å². The van der Waals surface area contributed by atoms with Gasteiger partial charge in [0.1, 0.15) is 5.75 Å². The van der Waals surface area contributed by atoms with Gasteiger partial charge in [-0.25, -0.2) is 0 Å². The van der Waals surface area contributed by atoms with Crippen LogP contribution in [-0.2, 0) is 11.2 Å². The summed E-state index contributed by atoms with van der Waals surface area (Å²) >= 11 is 5.81. The van der Waals surface area contributed by atoms with Crippen LogP contribution in [0.5, 0.6) is 5.75 Å². The summed E-state index contributed by atoms with van der Waals surface area (Å²) in [6.45, 7) is 4.56. The molecule has 2 aromatic carbocycles. The highest BCUT2D eigenvalue weighted by Crippen LogP contribution is 2.18. The number of benzene rings is 2. The van der Waals surface area contributed by atoms with Crippen LogP contribution >= 0.6 is 11.6 Å². The Morgan fingerprint density at radius 2 is 1.72 bits per heavy atom. The van der Waals surface area contributed by atoms with E-state index in [1.165, 1.54) is 0 Å². The SMILES string of the molecule is CC(C)COc1ccccc1C(=O)NNC(=O)Cc1ccc(Cl)cc1. The number of halogens is 1. The minimum atomic E-state index is -0.427. The molecule has 132 valence electrons. The van der Waals surface area contributed by atoms with Crippen LogP contribution in [-0.4, -0.2) is 18.4 Å². The van der Waals surface area contributed by atoms with Crippen molar-refractivity contribution < 1.29 is 14.3 Å². The zero-order valence-electron chi connectivity index (χ0n) is 14.2. The summed E-state index contributed by atoms with van der Waals surface area (Å²) in [7, 11) is 0. The highest BCUT2D eigenvalue weighted by atomic mass is 35.5. The minimum Gasteiger partial charge on any atom is -0.492 e. The number of carbonyl (C=O) groups is 2. The maximum Gasteiger partial charge on any atom is 0.273 e. The number of amides is 2. The van der Waals surface area contributed by atoms with Crippen molar-refractivity contribution in [3.05, 3.63) is 64.7 Å². The van der Waals surface area contributed by atoms with Gasteiger partial charge in [0.2, 0.25) is 5.91 Å². The van der Waals surface area contributed by atoms with Crippen LogP contribution in [0.15, 0.2) is 48.5 Å². The highest BCUT2D eigenvalue weighted by Gasteiger charge is 2.13. The Balaban J connectivity index is 1.91. The molecule has 2 amide bonds. The number of carbonyl (C=O) groups excluding carboxylic acids is 2. The van der Waals surface area contributed by atoms with Gasteiger partial charge in [-0.15, -0.1) is 0 Å². The van der Waals surface area contributed by atoms with E-state index >= 15 is 0 Å². The van der Waals surface area contributed by atoms with E-state index in [1.54, 1.807) is 48.5 Å². The molecule has 0 saturated heterocycles. The number of nitrogens with one attached hydrogen (secondary N) is 2. The van der Waals surface area contributed by atoms with Gasteiger partial charge < -0.3 is 4.74 Å². The molecule has 2 rings (SSSR count). The quantitative estimate of drug-likeness (QED) is 0.776. The fourth-order valence-electron chi connectivity index (χ4n) is 2.06. The summed E-state index contributed by atoms with van der Waals surface area (Å²) in [5.41, 5.74) is 6.00. The summed E-state index contributed by atoms with van der Waals surface area (Å²) in [6.07, 6.45) is 0.142. The molecule has 6 heteroatoms. The molecule has 0 aliphatic carbocycles. The van der Waals surface area contributed by atoms with Gasteiger partial charge in [-0.2, -0.15) is 0 Å². The van der Waals surface area contributed by atoms with Crippen molar-refractivity contribution >= 4 is 23.4 Å². The third-order valence-electron chi connectivity index (χ3n) is 3.30. The smallest absolute Gasteiger partial charge is 0.273 e. The molecule has 0 aromatic heterocycles. The van der Waals surface area contributed by atoms with Crippen molar-refractivity contribution in [1.29, 1.82) is 0 Å². The monoisotopic (exact) mass is 360 g/mol. The van der Waals surface area contributed by atoms with E-state index in [-0.39, 0.29) is 12.3 Å². The fraction of sp³-hybridized carbons (Fsp3) is 0.263. The fourth-order valence-corrected chi connectivity index (χ4v) is 2.19. The number of para-hydroxylation sites is 1. The van der Waals surface area contributed by atoms with E-state index in [2.05, 4.69) is 10.9 Å². The van der Waals surface area contributed by atoms with Gasteiger partial charge in [0.15, 0.2) is 0 Å². The number of ether oxygens (including phenoxy) is 1. The van der Waals surface area contributed by atoms with E-state index in [1.807, 2.05) is 13.8 Å². The molecule has 0 spiro atoms. The van der Waals surface area contributed by atoms with Crippen LogP contribution in [0.2, 0.25) is 5.02 Å². The maximum atomic E-state index is 12.3. The lowest BCUT2D eigenvalue weighted by Crippen LogP contribution is -2.42. The number of rotatable bonds is 6. The zero-order valence-corrected chi connectivity index (χ0v) is 15.0. The van der Waals surface area contributed by atoms with Gasteiger partial charge in [-0.1, -0.05) is 49.7 Å². The van der Waals surface area contributed by atoms with Gasteiger partial charge in [0, 0.05) is 5.02 Å². The molecule has 0 bridgehead atoms. The predicted octanol–water partition coefficient (Wildman–Crippen LogP) is 3.38. The van der Waals surface area contributed by atoms with Gasteiger partial charge in [-0.3, -0.25) is 20.4 Å². The normalized spacial score (nSPS) is 10.4. The van der Waals surface area contributed by atoms with Crippen LogP contribution < -0.4 is 15.6 Å². The molecule has 5 nitrogen and oxygen atoms in total. The van der Waals surface area contributed by atoms with E-state index in [0.717, 1.165) is 5.56 Å². The van der Waals surface area contributed by atoms with Crippen molar-refractivity contribution in [3.63, 3.8) is 0 Å². The van der Waals surface area contributed by atoms with E-state index in [0.29, 0.717) is 28.9 Å². The molecule has 0 saturated carbocycles. The molecule has 0 fully saturated rings. The first kappa shape index (κ1) is 18.8. The summed E-state index contributed by atoms with van der Waals surface area (Å²) in [6, 6.07) is 13.9. The molecule has 0 atom stereocenters. The molecule has 25 heavy (non-hydrogen) atoms. The second-order valence-corrected chi connectivity index (χ2v) is 6.44. The first-order valence-electron chi connectivity index (χ1n) is 8.01. The Morgan fingerprint density at radius 3 is 2.40 bits per heavy atom. The highest BCUT2D eigenvalue weighted by molar-refractivity contribution is 6.30. The summed E-state index contributed by atoms with van der Waals surface area (Å²) < 4.78 is 5.65. The first-order valence-corrected chi connectivity index (χ1v) is 8.39. The molecular formula is C19H21ClN2O3. The lowest BCUT2D eigenvalue weighted by atomic mass is 10.1. The Hall–Kier alpha value is -2.53. The van der Waals surface area contributed by atoms with Crippen LogP contribution in [0.25, 0.3) is 0 Å².